The zero-order chi connectivity index (χ0) is 21.2. The summed E-state index contributed by atoms with van der Waals surface area (Å²) in [5.74, 6) is 0.0363. The first-order valence-corrected chi connectivity index (χ1v) is 8.62. The minimum Gasteiger partial charge on any atom is -0.493 e. The lowest BCUT2D eigenvalue weighted by molar-refractivity contribution is -0.147. The van der Waals surface area contributed by atoms with Crippen LogP contribution < -0.4 is 19.5 Å². The van der Waals surface area contributed by atoms with Crippen LogP contribution in [-0.4, -0.2) is 39.3 Å². The van der Waals surface area contributed by atoms with Gasteiger partial charge < -0.3 is 24.3 Å². The normalized spacial score (nSPS) is 10.4. The predicted octanol–water partition coefficient (Wildman–Crippen LogP) is 3.42. The van der Waals surface area contributed by atoms with Gasteiger partial charge in [-0.2, -0.15) is 8.78 Å². The molecule has 29 heavy (non-hydrogen) atoms. The molecule has 2 aromatic rings. The molecule has 0 radical (unpaired) electrons. The highest BCUT2D eigenvalue weighted by Gasteiger charge is 2.11. The smallest absolute Gasteiger partial charge is 0.387 e. The van der Waals surface area contributed by atoms with Crippen molar-refractivity contribution in [2.45, 2.75) is 19.5 Å². The maximum Gasteiger partial charge on any atom is 0.387 e. The van der Waals surface area contributed by atoms with Crippen LogP contribution in [0.15, 0.2) is 42.5 Å². The van der Waals surface area contributed by atoms with E-state index in [9.17, 15) is 18.4 Å². The number of nitrogens with one attached hydrogen (secondary N) is 1. The third kappa shape index (κ3) is 7.28. The number of aryl methyl sites for hydroxylation is 1. The second-order valence-electron chi connectivity index (χ2n) is 5.80. The Labute approximate surface area is 166 Å². The molecule has 1 N–H and O–H groups in total. The number of alkyl halides is 2. The fraction of sp³-hybridized carbons (Fsp3) is 0.300. The minimum atomic E-state index is -2.92. The van der Waals surface area contributed by atoms with Crippen molar-refractivity contribution in [3.63, 3.8) is 0 Å². The van der Waals surface area contributed by atoms with Gasteiger partial charge in [-0.3, -0.25) is 9.59 Å². The van der Waals surface area contributed by atoms with Crippen molar-refractivity contribution in [2.75, 3.05) is 26.1 Å². The van der Waals surface area contributed by atoms with E-state index in [4.69, 9.17) is 14.2 Å². The topological polar surface area (TPSA) is 83.1 Å². The van der Waals surface area contributed by atoms with E-state index in [1.165, 1.54) is 38.5 Å². The van der Waals surface area contributed by atoms with E-state index in [0.717, 1.165) is 5.56 Å². The van der Waals surface area contributed by atoms with Crippen LogP contribution in [0.1, 0.15) is 12.0 Å². The highest BCUT2D eigenvalue weighted by Crippen LogP contribution is 2.28. The van der Waals surface area contributed by atoms with Crippen molar-refractivity contribution in [3.05, 3.63) is 48.0 Å². The van der Waals surface area contributed by atoms with Crippen LogP contribution in [0.25, 0.3) is 0 Å². The average Bonchev–Trinajstić information content (AvgIpc) is 2.71. The molecular formula is C20H21F2NO6. The second-order valence-corrected chi connectivity index (χ2v) is 5.80. The Kier molecular flexibility index (Phi) is 8.20. The molecule has 0 aliphatic carbocycles. The lowest BCUT2D eigenvalue weighted by Crippen LogP contribution is -2.21. The standard InChI is InChI=1S/C20H21F2NO6/c1-26-16-9-3-13(11-17(16)27-2)4-10-19(25)28-12-18(24)23-14-5-7-15(8-6-14)29-20(21)22/h3,5-9,11,20H,4,10,12H2,1-2H3,(H,23,24). The number of hydrogen-bond acceptors (Lipinski definition) is 6. The number of rotatable bonds is 10. The van der Waals surface area contributed by atoms with Gasteiger partial charge in [-0.1, -0.05) is 6.07 Å². The predicted molar refractivity (Wildman–Crippen MR) is 101 cm³/mol. The van der Waals surface area contributed by atoms with Gasteiger partial charge in [0.05, 0.1) is 14.2 Å². The van der Waals surface area contributed by atoms with Crippen LogP contribution in [0.5, 0.6) is 17.2 Å². The molecule has 0 saturated carbocycles. The SMILES string of the molecule is COc1ccc(CCC(=O)OCC(=O)Nc2ccc(OC(F)F)cc2)cc1OC. The van der Waals surface area contributed by atoms with Gasteiger partial charge in [-0.15, -0.1) is 0 Å². The third-order valence-electron chi connectivity index (χ3n) is 3.79. The van der Waals surface area contributed by atoms with Crippen molar-refractivity contribution in [2.24, 2.45) is 0 Å². The number of carbonyl (C=O) groups is 2. The Bertz CT molecular complexity index is 826. The molecule has 9 heteroatoms. The van der Waals surface area contributed by atoms with Gasteiger partial charge in [-0.05, 0) is 48.4 Å². The lowest BCUT2D eigenvalue weighted by Gasteiger charge is -2.10. The van der Waals surface area contributed by atoms with Crippen molar-refractivity contribution < 1.29 is 37.3 Å². The summed E-state index contributed by atoms with van der Waals surface area (Å²) < 4.78 is 43.7. The highest BCUT2D eigenvalue weighted by atomic mass is 19.3. The maximum absolute atomic E-state index is 12.1. The van der Waals surface area contributed by atoms with Crippen molar-refractivity contribution in [1.29, 1.82) is 0 Å². The molecule has 7 nitrogen and oxygen atoms in total. The fourth-order valence-corrected chi connectivity index (χ4v) is 2.42. The quantitative estimate of drug-likeness (QED) is 0.606. The van der Waals surface area contributed by atoms with Gasteiger partial charge >= 0.3 is 12.6 Å². The Morgan fingerprint density at radius 1 is 1.00 bits per heavy atom. The van der Waals surface area contributed by atoms with Crippen LogP contribution in [0.2, 0.25) is 0 Å². The number of halogens is 2. The molecule has 0 bridgehead atoms. The molecule has 0 heterocycles. The molecule has 0 aliphatic rings. The number of esters is 1. The van der Waals surface area contributed by atoms with Crippen molar-refractivity contribution >= 4 is 17.6 Å². The van der Waals surface area contributed by atoms with E-state index < -0.39 is 25.1 Å². The van der Waals surface area contributed by atoms with Crippen molar-refractivity contribution in [3.8, 4) is 17.2 Å². The van der Waals surface area contributed by atoms with Gasteiger partial charge in [0.2, 0.25) is 0 Å². The van der Waals surface area contributed by atoms with Crippen LogP contribution >= 0.6 is 0 Å². The number of benzene rings is 2. The zero-order valence-electron chi connectivity index (χ0n) is 15.9. The van der Waals surface area contributed by atoms with Crippen LogP contribution in [0.3, 0.4) is 0 Å². The minimum absolute atomic E-state index is 0.0282. The van der Waals surface area contributed by atoms with Gasteiger partial charge in [-0.25, -0.2) is 0 Å². The van der Waals surface area contributed by atoms with Gasteiger partial charge in [0.15, 0.2) is 18.1 Å². The Morgan fingerprint density at radius 3 is 2.31 bits per heavy atom. The number of hydrogen-bond donors (Lipinski definition) is 1. The van der Waals surface area contributed by atoms with E-state index in [2.05, 4.69) is 10.1 Å². The Balaban J connectivity index is 1.75. The van der Waals surface area contributed by atoms with Crippen LogP contribution in [0.4, 0.5) is 14.5 Å². The van der Waals surface area contributed by atoms with E-state index in [-0.39, 0.29) is 12.2 Å². The summed E-state index contributed by atoms with van der Waals surface area (Å²) in [4.78, 5) is 23.7. The number of ether oxygens (including phenoxy) is 4. The molecule has 0 unspecified atom stereocenters. The molecular weight excluding hydrogens is 388 g/mol. The van der Waals surface area contributed by atoms with E-state index in [1.807, 2.05) is 6.07 Å². The molecule has 0 saturated heterocycles. The van der Waals surface area contributed by atoms with Gasteiger partial charge in [0.1, 0.15) is 5.75 Å². The summed E-state index contributed by atoms with van der Waals surface area (Å²) in [5, 5.41) is 2.49. The van der Waals surface area contributed by atoms with Gasteiger partial charge in [0, 0.05) is 12.1 Å². The van der Waals surface area contributed by atoms with Crippen LogP contribution in [-0.2, 0) is 20.7 Å². The molecule has 2 rings (SSSR count). The molecule has 0 spiro atoms. The zero-order valence-corrected chi connectivity index (χ0v) is 15.9. The summed E-state index contributed by atoms with van der Waals surface area (Å²) >= 11 is 0. The largest absolute Gasteiger partial charge is 0.493 e. The molecule has 2 aromatic carbocycles. The monoisotopic (exact) mass is 409 g/mol. The number of methoxy groups -OCH3 is 2. The van der Waals surface area contributed by atoms with E-state index in [0.29, 0.717) is 23.6 Å². The number of amides is 1. The van der Waals surface area contributed by atoms with E-state index in [1.54, 1.807) is 12.1 Å². The van der Waals surface area contributed by atoms with E-state index >= 15 is 0 Å². The first kappa shape index (κ1) is 21.9. The Hall–Kier alpha value is -3.36. The summed E-state index contributed by atoms with van der Waals surface area (Å²) in [5.41, 5.74) is 1.22. The number of anilines is 1. The Morgan fingerprint density at radius 2 is 1.69 bits per heavy atom. The second kappa shape index (κ2) is 10.8. The van der Waals surface area contributed by atoms with Crippen molar-refractivity contribution in [1.82, 2.24) is 0 Å². The average molecular weight is 409 g/mol. The third-order valence-corrected chi connectivity index (χ3v) is 3.79. The molecule has 0 aliphatic heterocycles. The summed E-state index contributed by atoms with van der Waals surface area (Å²) in [6.45, 7) is -3.38. The number of carbonyl (C=O) groups excluding carboxylic acids is 2. The highest BCUT2D eigenvalue weighted by molar-refractivity contribution is 5.92. The molecule has 0 aromatic heterocycles. The molecule has 156 valence electrons. The van der Waals surface area contributed by atoms with Gasteiger partial charge in [0.25, 0.3) is 5.91 Å². The first-order valence-electron chi connectivity index (χ1n) is 8.62. The fourth-order valence-electron chi connectivity index (χ4n) is 2.42. The summed E-state index contributed by atoms with van der Waals surface area (Å²) in [6, 6.07) is 10.7. The molecule has 1 amide bonds. The van der Waals surface area contributed by atoms with Crippen LogP contribution in [0, 0.1) is 0 Å². The lowest BCUT2D eigenvalue weighted by atomic mass is 10.1. The summed E-state index contributed by atoms with van der Waals surface area (Å²) in [6.07, 6.45) is 0.495. The molecule has 0 atom stereocenters. The first-order chi connectivity index (χ1) is 13.9. The molecule has 0 fully saturated rings. The maximum atomic E-state index is 12.1. The summed E-state index contributed by atoms with van der Waals surface area (Å²) in [7, 11) is 3.05.